The van der Waals surface area contributed by atoms with Crippen LogP contribution in [0.1, 0.15) is 11.4 Å². The summed E-state index contributed by atoms with van der Waals surface area (Å²) in [5.41, 5.74) is -0.744. The van der Waals surface area contributed by atoms with Crippen LogP contribution in [0.5, 0.6) is 0 Å². The zero-order valence-electron chi connectivity index (χ0n) is 10.5. The highest BCUT2D eigenvalue weighted by atomic mass is 35.5. The summed E-state index contributed by atoms with van der Waals surface area (Å²) in [6, 6.07) is 4.06. The van der Waals surface area contributed by atoms with Crippen LogP contribution in [0, 0.1) is 5.82 Å². The average Bonchev–Trinajstić information content (AvgIpc) is 2.74. The van der Waals surface area contributed by atoms with Crippen LogP contribution in [-0.4, -0.2) is 27.4 Å². The van der Waals surface area contributed by atoms with Gasteiger partial charge in [0.25, 0.3) is 6.43 Å². The van der Waals surface area contributed by atoms with E-state index in [0.29, 0.717) is 4.68 Å². The van der Waals surface area contributed by atoms with E-state index in [4.69, 9.17) is 11.6 Å². The smallest absolute Gasteiger partial charge is 0.292 e. The third-order valence-electron chi connectivity index (χ3n) is 2.75. The Balaban J connectivity index is 2.21. The van der Waals surface area contributed by atoms with Gasteiger partial charge in [-0.15, -0.1) is 0 Å². The largest absolute Gasteiger partial charge is 0.343 e. The standard InChI is InChI=1S/C12H10ClF4N3O/c13-7-2-1-3-8(14)6(7)4-10-18-12(21)20(19-10)5-9(15)11(16)17/h1-3,9,11H,4-5H2,(H,18,19,21). The van der Waals surface area contributed by atoms with E-state index >= 15 is 0 Å². The van der Waals surface area contributed by atoms with Crippen LogP contribution in [-0.2, 0) is 13.0 Å². The Morgan fingerprint density at radius 3 is 2.67 bits per heavy atom. The summed E-state index contributed by atoms with van der Waals surface area (Å²) in [6.45, 7) is -0.877. The molecule has 0 saturated carbocycles. The number of aromatic amines is 1. The van der Waals surface area contributed by atoms with Crippen LogP contribution in [0.3, 0.4) is 0 Å². The average molecular weight is 324 g/mol. The van der Waals surface area contributed by atoms with Gasteiger partial charge in [0.05, 0.1) is 6.54 Å². The number of hydrogen-bond acceptors (Lipinski definition) is 2. The Hall–Kier alpha value is -1.83. The summed E-state index contributed by atoms with van der Waals surface area (Å²) in [6.07, 6.45) is -5.85. The molecule has 0 radical (unpaired) electrons. The second-order valence-corrected chi connectivity index (χ2v) is 4.69. The fraction of sp³-hybridized carbons (Fsp3) is 0.333. The highest BCUT2D eigenvalue weighted by Gasteiger charge is 2.22. The van der Waals surface area contributed by atoms with E-state index < -0.39 is 30.6 Å². The molecule has 0 amide bonds. The quantitative estimate of drug-likeness (QED) is 0.860. The maximum absolute atomic E-state index is 13.6. The van der Waals surface area contributed by atoms with E-state index in [0.717, 1.165) is 0 Å². The first kappa shape index (κ1) is 15.6. The van der Waals surface area contributed by atoms with Crippen molar-refractivity contribution >= 4 is 11.6 Å². The highest BCUT2D eigenvalue weighted by Crippen LogP contribution is 2.20. The Bertz CT molecular complexity index is 665. The molecule has 1 atom stereocenters. The van der Waals surface area contributed by atoms with Crippen molar-refractivity contribution in [1.82, 2.24) is 14.8 Å². The predicted octanol–water partition coefficient (Wildman–Crippen LogP) is 2.56. The second kappa shape index (κ2) is 6.30. The molecule has 2 rings (SSSR count). The number of nitrogens with zero attached hydrogens (tertiary/aromatic N) is 2. The zero-order valence-corrected chi connectivity index (χ0v) is 11.2. The molecule has 0 aliphatic heterocycles. The van der Waals surface area contributed by atoms with E-state index in [9.17, 15) is 22.4 Å². The summed E-state index contributed by atoms with van der Waals surface area (Å²) in [5.74, 6) is -0.581. The van der Waals surface area contributed by atoms with Crippen molar-refractivity contribution in [2.45, 2.75) is 25.6 Å². The molecular formula is C12H10ClF4N3O. The Morgan fingerprint density at radius 2 is 2.05 bits per heavy atom. The van der Waals surface area contributed by atoms with Crippen molar-refractivity contribution < 1.29 is 17.6 Å². The number of H-pyrrole nitrogens is 1. The molecule has 4 nitrogen and oxygen atoms in total. The SMILES string of the molecule is O=c1[nH]c(Cc2c(F)cccc2Cl)nn1CC(F)C(F)F. The molecule has 0 aliphatic carbocycles. The van der Waals surface area contributed by atoms with Crippen molar-refractivity contribution in [3.8, 4) is 0 Å². The second-order valence-electron chi connectivity index (χ2n) is 4.29. The van der Waals surface area contributed by atoms with Gasteiger partial charge in [-0.2, -0.15) is 5.10 Å². The summed E-state index contributed by atoms with van der Waals surface area (Å²) in [7, 11) is 0. The van der Waals surface area contributed by atoms with Crippen molar-refractivity contribution in [1.29, 1.82) is 0 Å². The molecule has 0 fully saturated rings. The van der Waals surface area contributed by atoms with E-state index in [1.54, 1.807) is 0 Å². The van der Waals surface area contributed by atoms with Crippen molar-refractivity contribution in [3.63, 3.8) is 0 Å². The molecule has 1 heterocycles. The first-order valence-corrected chi connectivity index (χ1v) is 6.27. The maximum Gasteiger partial charge on any atom is 0.343 e. The van der Waals surface area contributed by atoms with Gasteiger partial charge in [-0.05, 0) is 12.1 Å². The van der Waals surface area contributed by atoms with Gasteiger partial charge in [-0.1, -0.05) is 17.7 Å². The number of benzene rings is 1. The summed E-state index contributed by atoms with van der Waals surface area (Å²) >= 11 is 5.83. The minimum Gasteiger partial charge on any atom is -0.292 e. The van der Waals surface area contributed by atoms with Gasteiger partial charge in [0.1, 0.15) is 11.6 Å². The van der Waals surface area contributed by atoms with Gasteiger partial charge in [-0.25, -0.2) is 27.0 Å². The van der Waals surface area contributed by atoms with Crippen LogP contribution in [0.15, 0.2) is 23.0 Å². The number of rotatable bonds is 5. The minimum atomic E-state index is -3.21. The van der Waals surface area contributed by atoms with Crippen molar-refractivity contribution in [2.75, 3.05) is 0 Å². The summed E-state index contributed by atoms with van der Waals surface area (Å²) < 4.78 is 51.3. The molecule has 21 heavy (non-hydrogen) atoms. The topological polar surface area (TPSA) is 50.7 Å². The predicted molar refractivity (Wildman–Crippen MR) is 68.0 cm³/mol. The van der Waals surface area contributed by atoms with Gasteiger partial charge in [0.2, 0.25) is 0 Å². The molecule has 1 unspecified atom stereocenters. The van der Waals surface area contributed by atoms with Gasteiger partial charge < -0.3 is 0 Å². The van der Waals surface area contributed by atoms with Crippen LogP contribution >= 0.6 is 11.6 Å². The molecule has 1 N–H and O–H groups in total. The van der Waals surface area contributed by atoms with Crippen LogP contribution in [0.4, 0.5) is 17.6 Å². The molecule has 0 aliphatic rings. The fourth-order valence-electron chi connectivity index (χ4n) is 1.72. The van der Waals surface area contributed by atoms with Crippen molar-refractivity contribution in [2.24, 2.45) is 0 Å². The molecule has 2 aromatic rings. The van der Waals surface area contributed by atoms with Crippen molar-refractivity contribution in [3.05, 3.63) is 50.9 Å². The number of nitrogens with one attached hydrogen (secondary N) is 1. The Labute approximate surface area is 121 Å². The van der Waals surface area contributed by atoms with Crippen LogP contribution < -0.4 is 5.69 Å². The van der Waals surface area contributed by atoms with Crippen LogP contribution in [0.25, 0.3) is 0 Å². The van der Waals surface area contributed by atoms with E-state index in [1.807, 2.05) is 0 Å². The highest BCUT2D eigenvalue weighted by molar-refractivity contribution is 6.31. The molecule has 9 heteroatoms. The van der Waals surface area contributed by atoms with Crippen LogP contribution in [0.2, 0.25) is 5.02 Å². The maximum atomic E-state index is 13.6. The number of halogens is 5. The van der Waals surface area contributed by atoms with E-state index in [-0.39, 0.29) is 22.8 Å². The number of alkyl halides is 3. The van der Waals surface area contributed by atoms with E-state index in [1.165, 1.54) is 18.2 Å². The lowest BCUT2D eigenvalue weighted by Crippen LogP contribution is -2.27. The third kappa shape index (κ3) is 3.63. The van der Waals surface area contributed by atoms with Gasteiger partial charge in [0.15, 0.2) is 6.17 Å². The lowest BCUT2D eigenvalue weighted by molar-refractivity contribution is 0.0380. The first-order chi connectivity index (χ1) is 9.88. The van der Waals surface area contributed by atoms with Gasteiger partial charge in [-0.3, -0.25) is 4.98 Å². The van der Waals surface area contributed by atoms with Gasteiger partial charge >= 0.3 is 5.69 Å². The molecular weight excluding hydrogens is 314 g/mol. The van der Waals surface area contributed by atoms with E-state index in [2.05, 4.69) is 10.1 Å². The summed E-state index contributed by atoms with van der Waals surface area (Å²) in [4.78, 5) is 13.7. The lowest BCUT2D eigenvalue weighted by atomic mass is 10.1. The molecule has 114 valence electrons. The molecule has 0 bridgehead atoms. The summed E-state index contributed by atoms with van der Waals surface area (Å²) in [5, 5.41) is 3.80. The zero-order chi connectivity index (χ0) is 15.6. The molecule has 1 aromatic heterocycles. The molecule has 1 aromatic carbocycles. The fourth-order valence-corrected chi connectivity index (χ4v) is 1.95. The lowest BCUT2D eigenvalue weighted by Gasteiger charge is -2.05. The monoisotopic (exact) mass is 323 g/mol. The van der Waals surface area contributed by atoms with Gasteiger partial charge in [0, 0.05) is 17.0 Å². The third-order valence-corrected chi connectivity index (χ3v) is 3.11. The number of aromatic nitrogens is 3. The Morgan fingerprint density at radius 1 is 1.33 bits per heavy atom. The first-order valence-electron chi connectivity index (χ1n) is 5.89. The minimum absolute atomic E-state index is 0.00784. The normalized spacial score (nSPS) is 12.9. The number of hydrogen-bond donors (Lipinski definition) is 1. The molecule has 0 saturated heterocycles. The molecule has 0 spiro atoms. The Kier molecular flexibility index (Phi) is 4.66.